The van der Waals surface area contributed by atoms with Gasteiger partial charge in [-0.1, -0.05) is 6.07 Å². The van der Waals surface area contributed by atoms with Crippen LogP contribution in [-0.4, -0.2) is 32.3 Å². The largest absolute Gasteiger partial charge is 0.381 e. The lowest BCUT2D eigenvalue weighted by atomic mass is 10.1. The Morgan fingerprint density at radius 3 is 3.29 bits per heavy atom. The van der Waals surface area contributed by atoms with Crippen LogP contribution in [0.5, 0.6) is 0 Å². The number of nitrogens with two attached hydrogens (primary N) is 1. The van der Waals surface area contributed by atoms with E-state index in [-0.39, 0.29) is 0 Å². The van der Waals surface area contributed by atoms with Crippen molar-refractivity contribution in [1.82, 2.24) is 5.32 Å². The lowest BCUT2D eigenvalue weighted by Crippen LogP contribution is -2.33. The second-order valence-corrected chi connectivity index (χ2v) is 5.24. The SMILES string of the molecule is NC(=NCC1CCOC1)NCCc1cccs1. The van der Waals surface area contributed by atoms with E-state index in [1.165, 1.54) is 4.88 Å². The standard InChI is InChI=1S/C12H19N3OS/c13-12(15-8-10-4-6-16-9-10)14-5-3-11-2-1-7-17-11/h1-2,7,10H,3-6,8-9H2,(H3,13,14,15). The third-order valence-electron chi connectivity index (χ3n) is 2.80. The molecule has 0 spiro atoms. The molecule has 0 bridgehead atoms. The second kappa shape index (κ2) is 6.61. The highest BCUT2D eigenvalue weighted by Crippen LogP contribution is 2.12. The Hall–Kier alpha value is -1.07. The smallest absolute Gasteiger partial charge is 0.188 e. The zero-order chi connectivity index (χ0) is 11.9. The summed E-state index contributed by atoms with van der Waals surface area (Å²) in [6.45, 7) is 3.31. The van der Waals surface area contributed by atoms with Crippen molar-refractivity contribution in [3.05, 3.63) is 22.4 Å². The Balaban J connectivity index is 1.62. The van der Waals surface area contributed by atoms with Gasteiger partial charge in [0.25, 0.3) is 0 Å². The van der Waals surface area contributed by atoms with Crippen LogP contribution < -0.4 is 11.1 Å². The summed E-state index contributed by atoms with van der Waals surface area (Å²) in [6.07, 6.45) is 2.10. The van der Waals surface area contributed by atoms with Crippen LogP contribution in [0.15, 0.2) is 22.5 Å². The van der Waals surface area contributed by atoms with Crippen LogP contribution >= 0.6 is 11.3 Å². The molecule has 1 fully saturated rings. The first-order chi connectivity index (χ1) is 8.34. The Bertz CT molecular complexity index is 345. The number of hydrogen-bond donors (Lipinski definition) is 2. The van der Waals surface area contributed by atoms with Gasteiger partial charge in [0.05, 0.1) is 6.61 Å². The van der Waals surface area contributed by atoms with Gasteiger partial charge in [0.15, 0.2) is 5.96 Å². The van der Waals surface area contributed by atoms with Gasteiger partial charge in [-0.25, -0.2) is 0 Å². The van der Waals surface area contributed by atoms with Crippen LogP contribution in [0.3, 0.4) is 0 Å². The molecule has 5 heteroatoms. The minimum Gasteiger partial charge on any atom is -0.381 e. The molecule has 17 heavy (non-hydrogen) atoms. The average Bonchev–Trinajstić information content (AvgIpc) is 2.99. The van der Waals surface area contributed by atoms with Crippen molar-refractivity contribution in [1.29, 1.82) is 0 Å². The molecule has 0 aliphatic carbocycles. The molecule has 94 valence electrons. The first-order valence-electron chi connectivity index (χ1n) is 5.98. The molecule has 1 aromatic rings. The van der Waals surface area contributed by atoms with E-state index in [0.29, 0.717) is 11.9 Å². The summed E-state index contributed by atoms with van der Waals surface area (Å²) in [4.78, 5) is 5.70. The molecule has 1 aliphatic heterocycles. The van der Waals surface area contributed by atoms with E-state index < -0.39 is 0 Å². The average molecular weight is 253 g/mol. The minimum atomic E-state index is 0.549. The molecule has 2 rings (SSSR count). The minimum absolute atomic E-state index is 0.549. The van der Waals surface area contributed by atoms with E-state index in [9.17, 15) is 0 Å². The summed E-state index contributed by atoms with van der Waals surface area (Å²) in [6, 6.07) is 4.20. The maximum atomic E-state index is 5.79. The fourth-order valence-corrected chi connectivity index (χ4v) is 2.49. The third kappa shape index (κ3) is 4.36. The Morgan fingerprint density at radius 2 is 2.59 bits per heavy atom. The fourth-order valence-electron chi connectivity index (χ4n) is 1.78. The maximum absolute atomic E-state index is 5.79. The molecule has 0 saturated carbocycles. The molecule has 3 N–H and O–H groups in total. The topological polar surface area (TPSA) is 59.6 Å². The third-order valence-corrected chi connectivity index (χ3v) is 3.74. The van der Waals surface area contributed by atoms with Crippen molar-refractivity contribution < 1.29 is 4.74 Å². The fraction of sp³-hybridized carbons (Fsp3) is 0.583. The number of thiophene rings is 1. The molecule has 2 heterocycles. The Kier molecular flexibility index (Phi) is 4.82. The highest BCUT2D eigenvalue weighted by atomic mass is 32.1. The molecule has 1 atom stereocenters. The van der Waals surface area contributed by atoms with Gasteiger partial charge in [0, 0.05) is 30.5 Å². The molecule has 4 nitrogen and oxygen atoms in total. The first kappa shape index (κ1) is 12.4. The van der Waals surface area contributed by atoms with Crippen LogP contribution in [0.1, 0.15) is 11.3 Å². The normalized spacial score (nSPS) is 20.7. The number of rotatable bonds is 5. The Morgan fingerprint density at radius 1 is 1.65 bits per heavy atom. The van der Waals surface area contributed by atoms with Gasteiger partial charge in [-0.15, -0.1) is 11.3 Å². The van der Waals surface area contributed by atoms with Crippen molar-refractivity contribution >= 4 is 17.3 Å². The van der Waals surface area contributed by atoms with E-state index in [1.54, 1.807) is 11.3 Å². The molecule has 0 amide bonds. The number of aliphatic imine (C=N–C) groups is 1. The lowest BCUT2D eigenvalue weighted by Gasteiger charge is -2.06. The van der Waals surface area contributed by atoms with Crippen LogP contribution in [0.25, 0.3) is 0 Å². The molecule has 1 unspecified atom stereocenters. The number of ether oxygens (including phenoxy) is 1. The highest BCUT2D eigenvalue weighted by Gasteiger charge is 2.14. The predicted octanol–water partition coefficient (Wildman–Crippen LogP) is 1.23. The van der Waals surface area contributed by atoms with Crippen LogP contribution in [0, 0.1) is 5.92 Å². The zero-order valence-corrected chi connectivity index (χ0v) is 10.7. The summed E-state index contributed by atoms with van der Waals surface area (Å²) in [7, 11) is 0. The van der Waals surface area contributed by atoms with Gasteiger partial charge in [0.1, 0.15) is 0 Å². The van der Waals surface area contributed by atoms with E-state index in [2.05, 4.69) is 27.8 Å². The number of nitrogens with zero attached hydrogens (tertiary/aromatic N) is 1. The summed E-state index contributed by atoms with van der Waals surface area (Å²) in [5.74, 6) is 1.10. The monoisotopic (exact) mass is 253 g/mol. The van der Waals surface area contributed by atoms with Crippen LogP contribution in [0.2, 0.25) is 0 Å². The van der Waals surface area contributed by atoms with Crippen molar-refractivity contribution in [2.75, 3.05) is 26.3 Å². The number of nitrogens with one attached hydrogen (secondary N) is 1. The molecular formula is C12H19N3OS. The van der Waals surface area contributed by atoms with Gasteiger partial charge in [0.2, 0.25) is 0 Å². The molecule has 0 aromatic carbocycles. The zero-order valence-electron chi connectivity index (χ0n) is 9.89. The van der Waals surface area contributed by atoms with Gasteiger partial charge >= 0.3 is 0 Å². The van der Waals surface area contributed by atoms with E-state index in [0.717, 1.165) is 39.1 Å². The van der Waals surface area contributed by atoms with Gasteiger partial charge < -0.3 is 15.8 Å². The van der Waals surface area contributed by atoms with Crippen molar-refractivity contribution in [3.8, 4) is 0 Å². The first-order valence-corrected chi connectivity index (χ1v) is 6.86. The molecule has 1 aliphatic rings. The van der Waals surface area contributed by atoms with E-state index in [1.807, 2.05) is 0 Å². The molecule has 1 aromatic heterocycles. The molecule has 1 saturated heterocycles. The Labute approximate surface area is 106 Å². The van der Waals surface area contributed by atoms with E-state index in [4.69, 9.17) is 10.5 Å². The molecular weight excluding hydrogens is 234 g/mol. The summed E-state index contributed by atoms with van der Waals surface area (Å²) in [5, 5.41) is 5.23. The van der Waals surface area contributed by atoms with Crippen LogP contribution in [0.4, 0.5) is 0 Å². The van der Waals surface area contributed by atoms with Crippen molar-refractivity contribution in [2.45, 2.75) is 12.8 Å². The maximum Gasteiger partial charge on any atom is 0.188 e. The van der Waals surface area contributed by atoms with Crippen molar-refractivity contribution in [3.63, 3.8) is 0 Å². The van der Waals surface area contributed by atoms with Crippen LogP contribution in [-0.2, 0) is 11.2 Å². The van der Waals surface area contributed by atoms with E-state index >= 15 is 0 Å². The summed E-state index contributed by atoms with van der Waals surface area (Å²) in [5.41, 5.74) is 5.79. The van der Waals surface area contributed by atoms with Crippen molar-refractivity contribution in [2.24, 2.45) is 16.6 Å². The van der Waals surface area contributed by atoms with Gasteiger partial charge in [-0.3, -0.25) is 4.99 Å². The number of hydrogen-bond acceptors (Lipinski definition) is 3. The predicted molar refractivity (Wildman–Crippen MR) is 71.4 cm³/mol. The molecule has 0 radical (unpaired) electrons. The van der Waals surface area contributed by atoms with Gasteiger partial charge in [-0.05, 0) is 24.3 Å². The summed E-state index contributed by atoms with van der Waals surface area (Å²) >= 11 is 1.77. The second-order valence-electron chi connectivity index (χ2n) is 4.21. The number of guanidine groups is 1. The summed E-state index contributed by atoms with van der Waals surface area (Å²) < 4.78 is 5.29. The lowest BCUT2D eigenvalue weighted by molar-refractivity contribution is 0.187. The quantitative estimate of drug-likeness (QED) is 0.613. The van der Waals surface area contributed by atoms with Gasteiger partial charge in [-0.2, -0.15) is 0 Å². The highest BCUT2D eigenvalue weighted by molar-refractivity contribution is 7.09.